The molecule has 3 aromatic carbocycles. The van der Waals surface area contributed by atoms with Crippen LogP contribution in [0.15, 0.2) is 66.7 Å². The highest BCUT2D eigenvalue weighted by Crippen LogP contribution is 2.35. The first-order chi connectivity index (χ1) is 13.7. The third kappa shape index (κ3) is 3.30. The number of rotatable bonds is 4. The predicted octanol–water partition coefficient (Wildman–Crippen LogP) is 5.36. The molecule has 0 spiro atoms. The molecular formula is C23H20ClN3O2. The zero-order chi connectivity index (χ0) is 19.1. The Hall–Kier alpha value is -3.44. The van der Waals surface area contributed by atoms with Crippen molar-refractivity contribution >= 4 is 50.9 Å². The number of fused-ring (bicyclic) bond motifs is 5. The number of halogens is 1. The van der Waals surface area contributed by atoms with Crippen LogP contribution in [0.2, 0.25) is 0 Å². The summed E-state index contributed by atoms with van der Waals surface area (Å²) < 4.78 is 0. The van der Waals surface area contributed by atoms with Gasteiger partial charge in [-0.05, 0) is 36.2 Å². The van der Waals surface area contributed by atoms with Crippen LogP contribution in [0.4, 0.5) is 5.82 Å². The number of nitrogens with one attached hydrogen (secondary N) is 2. The fourth-order valence-electron chi connectivity index (χ4n) is 3.73. The molecule has 2 aromatic heterocycles. The van der Waals surface area contributed by atoms with Crippen LogP contribution < -0.4 is 5.32 Å². The lowest BCUT2D eigenvalue weighted by Crippen LogP contribution is -2.07. The Morgan fingerprint density at radius 3 is 2.45 bits per heavy atom. The van der Waals surface area contributed by atoms with Gasteiger partial charge in [-0.3, -0.25) is 0 Å². The number of aromatic amines is 1. The van der Waals surface area contributed by atoms with Crippen LogP contribution >= 0.6 is 12.4 Å². The summed E-state index contributed by atoms with van der Waals surface area (Å²) in [7, 11) is 0. The average molecular weight is 406 g/mol. The minimum absolute atomic E-state index is 0. The second-order valence-electron chi connectivity index (χ2n) is 6.90. The topological polar surface area (TPSA) is 81.2 Å². The van der Waals surface area contributed by atoms with E-state index in [1.54, 1.807) is 6.07 Å². The van der Waals surface area contributed by atoms with E-state index in [2.05, 4.69) is 28.5 Å². The van der Waals surface area contributed by atoms with Crippen LogP contribution in [0.1, 0.15) is 5.56 Å². The summed E-state index contributed by atoms with van der Waals surface area (Å²) in [5, 5.41) is 25.9. The van der Waals surface area contributed by atoms with Gasteiger partial charge in [-0.2, -0.15) is 0 Å². The van der Waals surface area contributed by atoms with Gasteiger partial charge < -0.3 is 20.5 Å². The quantitative estimate of drug-likeness (QED) is 0.303. The van der Waals surface area contributed by atoms with E-state index >= 15 is 0 Å². The van der Waals surface area contributed by atoms with E-state index in [9.17, 15) is 10.2 Å². The van der Waals surface area contributed by atoms with Crippen LogP contribution in [0, 0.1) is 0 Å². The Morgan fingerprint density at radius 1 is 0.862 bits per heavy atom. The molecule has 0 radical (unpaired) electrons. The number of para-hydroxylation sites is 2. The number of aromatic nitrogens is 2. The molecule has 0 aliphatic rings. The molecule has 5 nitrogen and oxygen atoms in total. The van der Waals surface area contributed by atoms with Crippen LogP contribution in [0.3, 0.4) is 0 Å². The van der Waals surface area contributed by atoms with Gasteiger partial charge in [-0.25, -0.2) is 4.98 Å². The normalized spacial score (nSPS) is 11.0. The van der Waals surface area contributed by atoms with Gasteiger partial charge in [0, 0.05) is 22.8 Å². The number of H-pyrrole nitrogens is 1. The van der Waals surface area contributed by atoms with Crippen molar-refractivity contribution < 1.29 is 10.2 Å². The summed E-state index contributed by atoms with van der Waals surface area (Å²) in [4.78, 5) is 8.41. The summed E-state index contributed by atoms with van der Waals surface area (Å²) in [6.45, 7) is 0.657. The molecule has 0 amide bonds. The second kappa shape index (κ2) is 7.53. The van der Waals surface area contributed by atoms with E-state index in [1.807, 2.05) is 36.4 Å². The third-order valence-electron chi connectivity index (χ3n) is 5.09. The van der Waals surface area contributed by atoms with Gasteiger partial charge in [0.05, 0.1) is 16.4 Å². The predicted molar refractivity (Wildman–Crippen MR) is 120 cm³/mol. The standard InChI is InChI=1S/C23H19N3O2.ClH/c27-19-10-9-14(13-20(19)28)11-12-24-23-21-15-5-1-3-7-17(15)25-22(21)16-6-2-4-8-18(16)26-23;/h1-10,13,25,27-28H,11-12H2,(H,24,26);1H. The highest BCUT2D eigenvalue weighted by Gasteiger charge is 2.13. The van der Waals surface area contributed by atoms with E-state index in [1.165, 1.54) is 6.07 Å². The first-order valence-corrected chi connectivity index (χ1v) is 9.24. The maximum absolute atomic E-state index is 9.68. The summed E-state index contributed by atoms with van der Waals surface area (Å²) in [6.07, 6.45) is 0.701. The monoisotopic (exact) mass is 405 g/mol. The Morgan fingerprint density at radius 2 is 1.62 bits per heavy atom. The number of anilines is 1. The Kier molecular flexibility index (Phi) is 4.91. The van der Waals surface area contributed by atoms with Gasteiger partial charge in [-0.15, -0.1) is 12.4 Å². The summed E-state index contributed by atoms with van der Waals surface area (Å²) in [5.74, 6) is 0.642. The first kappa shape index (κ1) is 18.9. The molecule has 0 unspecified atom stereocenters. The smallest absolute Gasteiger partial charge is 0.157 e. The van der Waals surface area contributed by atoms with Gasteiger partial charge in [0.2, 0.25) is 0 Å². The Labute approximate surface area is 173 Å². The van der Waals surface area contributed by atoms with Crippen molar-refractivity contribution in [2.24, 2.45) is 0 Å². The molecule has 4 N–H and O–H groups in total. The van der Waals surface area contributed by atoms with E-state index in [0.29, 0.717) is 13.0 Å². The summed E-state index contributed by atoms with van der Waals surface area (Å²) >= 11 is 0. The second-order valence-corrected chi connectivity index (χ2v) is 6.90. The maximum atomic E-state index is 9.68. The minimum atomic E-state index is -0.103. The van der Waals surface area contributed by atoms with E-state index in [4.69, 9.17) is 4.98 Å². The maximum Gasteiger partial charge on any atom is 0.157 e. The number of aromatic hydroxyl groups is 2. The molecular weight excluding hydrogens is 386 g/mol. The zero-order valence-corrected chi connectivity index (χ0v) is 16.3. The number of phenols is 2. The summed E-state index contributed by atoms with van der Waals surface area (Å²) in [6, 6.07) is 21.3. The van der Waals surface area contributed by atoms with Crippen LogP contribution in [-0.4, -0.2) is 26.7 Å². The average Bonchev–Trinajstić information content (AvgIpc) is 3.11. The van der Waals surface area contributed by atoms with Crippen molar-refractivity contribution in [3.05, 3.63) is 72.3 Å². The van der Waals surface area contributed by atoms with Gasteiger partial charge in [0.25, 0.3) is 0 Å². The summed E-state index contributed by atoms with van der Waals surface area (Å²) in [5.41, 5.74) is 4.05. The van der Waals surface area contributed by atoms with E-state index < -0.39 is 0 Å². The molecule has 0 saturated carbocycles. The molecule has 2 heterocycles. The minimum Gasteiger partial charge on any atom is -0.504 e. The van der Waals surface area contributed by atoms with E-state index in [0.717, 1.165) is 44.1 Å². The molecule has 29 heavy (non-hydrogen) atoms. The molecule has 0 aliphatic heterocycles. The lowest BCUT2D eigenvalue weighted by molar-refractivity contribution is 0.403. The Balaban J connectivity index is 0.00000205. The molecule has 0 bridgehead atoms. The highest BCUT2D eigenvalue weighted by atomic mass is 35.5. The van der Waals surface area contributed by atoms with Crippen molar-refractivity contribution in [3.63, 3.8) is 0 Å². The molecule has 0 fully saturated rings. The molecule has 5 rings (SSSR count). The molecule has 146 valence electrons. The Bertz CT molecular complexity index is 1330. The van der Waals surface area contributed by atoms with Crippen LogP contribution in [0.5, 0.6) is 11.5 Å². The van der Waals surface area contributed by atoms with Crippen molar-refractivity contribution in [2.45, 2.75) is 6.42 Å². The number of benzene rings is 3. The SMILES string of the molecule is Cl.Oc1ccc(CCNc2nc3ccccc3c3[nH]c4ccccc4c23)cc1O. The van der Waals surface area contributed by atoms with Gasteiger partial charge >= 0.3 is 0 Å². The van der Waals surface area contributed by atoms with Crippen molar-refractivity contribution in [2.75, 3.05) is 11.9 Å². The fraction of sp³-hybridized carbons (Fsp3) is 0.0870. The third-order valence-corrected chi connectivity index (χ3v) is 5.09. The molecule has 0 saturated heterocycles. The number of phenolic OH excluding ortho intramolecular Hbond substituents is 2. The highest BCUT2D eigenvalue weighted by molar-refractivity contribution is 6.20. The number of pyridine rings is 1. The van der Waals surface area contributed by atoms with Gasteiger partial charge in [-0.1, -0.05) is 42.5 Å². The lowest BCUT2D eigenvalue weighted by atomic mass is 10.1. The molecule has 0 atom stereocenters. The number of hydrogen-bond acceptors (Lipinski definition) is 4. The van der Waals surface area contributed by atoms with Crippen LogP contribution in [-0.2, 0) is 6.42 Å². The van der Waals surface area contributed by atoms with Gasteiger partial charge in [0.15, 0.2) is 11.5 Å². The molecule has 5 aromatic rings. The lowest BCUT2D eigenvalue weighted by Gasteiger charge is -2.10. The molecule has 0 aliphatic carbocycles. The van der Waals surface area contributed by atoms with E-state index in [-0.39, 0.29) is 23.9 Å². The van der Waals surface area contributed by atoms with Crippen molar-refractivity contribution in [1.29, 1.82) is 0 Å². The number of hydrogen-bond donors (Lipinski definition) is 4. The first-order valence-electron chi connectivity index (χ1n) is 9.24. The largest absolute Gasteiger partial charge is 0.504 e. The van der Waals surface area contributed by atoms with Gasteiger partial charge in [0.1, 0.15) is 5.82 Å². The molecule has 6 heteroatoms. The zero-order valence-electron chi connectivity index (χ0n) is 15.5. The fourth-order valence-corrected chi connectivity index (χ4v) is 3.73. The van der Waals surface area contributed by atoms with Crippen molar-refractivity contribution in [3.8, 4) is 11.5 Å². The van der Waals surface area contributed by atoms with Crippen molar-refractivity contribution in [1.82, 2.24) is 9.97 Å². The van der Waals surface area contributed by atoms with Crippen LogP contribution in [0.25, 0.3) is 32.7 Å². The number of nitrogens with zero attached hydrogens (tertiary/aromatic N) is 1.